The van der Waals surface area contributed by atoms with E-state index in [1.807, 2.05) is 30.3 Å². The minimum atomic E-state index is -0.255. The summed E-state index contributed by atoms with van der Waals surface area (Å²) in [5, 5.41) is 0. The molecular formula is C14H20N2O. The number of nitrogens with zero attached hydrogens (tertiary/aromatic N) is 1. The predicted molar refractivity (Wildman–Crippen MR) is 68.4 cm³/mol. The van der Waals surface area contributed by atoms with Crippen molar-refractivity contribution in [3.05, 3.63) is 35.9 Å². The topological polar surface area (TPSA) is 46.3 Å². The number of benzene rings is 1. The molecule has 92 valence electrons. The van der Waals surface area contributed by atoms with E-state index in [2.05, 4.69) is 4.90 Å². The molecule has 2 N–H and O–H groups in total. The van der Waals surface area contributed by atoms with Crippen LogP contribution in [0.25, 0.3) is 0 Å². The van der Waals surface area contributed by atoms with E-state index in [4.69, 9.17) is 5.73 Å². The molecule has 1 aliphatic rings. The van der Waals surface area contributed by atoms with Crippen LogP contribution >= 0.6 is 0 Å². The van der Waals surface area contributed by atoms with Crippen molar-refractivity contribution in [3.63, 3.8) is 0 Å². The SMILES string of the molecule is NC(=O)C(c1ccccc1)N1CCCCCC1. The van der Waals surface area contributed by atoms with Gasteiger partial charge < -0.3 is 5.73 Å². The van der Waals surface area contributed by atoms with Gasteiger partial charge >= 0.3 is 0 Å². The highest BCUT2D eigenvalue weighted by Gasteiger charge is 2.25. The normalized spacial score (nSPS) is 19.5. The third kappa shape index (κ3) is 3.07. The van der Waals surface area contributed by atoms with Crippen LogP contribution in [0.4, 0.5) is 0 Å². The van der Waals surface area contributed by atoms with Gasteiger partial charge in [-0.3, -0.25) is 9.69 Å². The lowest BCUT2D eigenvalue weighted by molar-refractivity contribution is -0.123. The number of carbonyl (C=O) groups excluding carboxylic acids is 1. The zero-order valence-electron chi connectivity index (χ0n) is 10.1. The number of nitrogens with two attached hydrogens (primary N) is 1. The van der Waals surface area contributed by atoms with Gasteiger partial charge in [-0.1, -0.05) is 43.2 Å². The summed E-state index contributed by atoms with van der Waals surface area (Å²) >= 11 is 0. The average Bonchev–Trinajstić information content (AvgIpc) is 2.59. The molecule has 3 heteroatoms. The van der Waals surface area contributed by atoms with Crippen LogP contribution in [0.5, 0.6) is 0 Å². The van der Waals surface area contributed by atoms with Gasteiger partial charge in [0.15, 0.2) is 0 Å². The molecular weight excluding hydrogens is 212 g/mol. The maximum absolute atomic E-state index is 11.7. The van der Waals surface area contributed by atoms with Crippen LogP contribution in [0.2, 0.25) is 0 Å². The van der Waals surface area contributed by atoms with Crippen molar-refractivity contribution in [2.75, 3.05) is 13.1 Å². The number of rotatable bonds is 3. The lowest BCUT2D eigenvalue weighted by Crippen LogP contribution is -2.38. The van der Waals surface area contributed by atoms with Crippen LogP contribution in [-0.4, -0.2) is 23.9 Å². The van der Waals surface area contributed by atoms with Crippen molar-refractivity contribution in [1.82, 2.24) is 4.90 Å². The first-order chi connectivity index (χ1) is 8.29. The second kappa shape index (κ2) is 5.82. The van der Waals surface area contributed by atoms with Crippen LogP contribution in [0, 0.1) is 0 Å². The van der Waals surface area contributed by atoms with E-state index in [1.165, 1.54) is 12.8 Å². The van der Waals surface area contributed by atoms with Crippen molar-refractivity contribution in [2.45, 2.75) is 31.7 Å². The number of likely N-dealkylation sites (tertiary alicyclic amines) is 1. The van der Waals surface area contributed by atoms with Crippen LogP contribution in [0.1, 0.15) is 37.3 Å². The molecule has 3 nitrogen and oxygen atoms in total. The van der Waals surface area contributed by atoms with Crippen LogP contribution in [-0.2, 0) is 4.79 Å². The Morgan fingerprint density at radius 2 is 1.65 bits per heavy atom. The zero-order chi connectivity index (χ0) is 12.1. The number of primary amides is 1. The predicted octanol–water partition coefficient (Wildman–Crippen LogP) is 2.09. The third-order valence-corrected chi connectivity index (χ3v) is 3.39. The molecule has 0 aromatic heterocycles. The van der Waals surface area contributed by atoms with Gasteiger partial charge in [-0.05, 0) is 31.5 Å². The molecule has 1 atom stereocenters. The Morgan fingerprint density at radius 3 is 2.18 bits per heavy atom. The molecule has 1 aromatic carbocycles. The zero-order valence-corrected chi connectivity index (χ0v) is 10.1. The first kappa shape index (κ1) is 12.1. The van der Waals surface area contributed by atoms with Gasteiger partial charge in [0.05, 0.1) is 0 Å². The summed E-state index contributed by atoms with van der Waals surface area (Å²) in [6.07, 6.45) is 4.85. The van der Waals surface area contributed by atoms with E-state index in [1.54, 1.807) is 0 Å². The molecule has 1 unspecified atom stereocenters. The average molecular weight is 232 g/mol. The summed E-state index contributed by atoms with van der Waals surface area (Å²) < 4.78 is 0. The fraction of sp³-hybridized carbons (Fsp3) is 0.500. The summed E-state index contributed by atoms with van der Waals surface area (Å²) in [7, 11) is 0. The summed E-state index contributed by atoms with van der Waals surface area (Å²) in [4.78, 5) is 13.9. The van der Waals surface area contributed by atoms with Gasteiger partial charge in [-0.25, -0.2) is 0 Å². The molecule has 1 aliphatic heterocycles. The fourth-order valence-electron chi connectivity index (χ4n) is 2.54. The second-order valence-corrected chi connectivity index (χ2v) is 4.67. The van der Waals surface area contributed by atoms with Crippen molar-refractivity contribution < 1.29 is 4.79 Å². The van der Waals surface area contributed by atoms with Gasteiger partial charge in [0, 0.05) is 0 Å². The summed E-state index contributed by atoms with van der Waals surface area (Å²) in [6.45, 7) is 1.95. The van der Waals surface area contributed by atoms with E-state index in [0.29, 0.717) is 0 Å². The molecule has 1 saturated heterocycles. The van der Waals surface area contributed by atoms with Crippen molar-refractivity contribution in [3.8, 4) is 0 Å². The van der Waals surface area contributed by atoms with E-state index in [0.717, 1.165) is 31.5 Å². The molecule has 1 fully saturated rings. The molecule has 1 aromatic rings. The largest absolute Gasteiger partial charge is 0.368 e. The minimum Gasteiger partial charge on any atom is -0.368 e. The minimum absolute atomic E-state index is 0.238. The number of hydrogen-bond donors (Lipinski definition) is 1. The second-order valence-electron chi connectivity index (χ2n) is 4.67. The Bertz CT molecular complexity index is 356. The van der Waals surface area contributed by atoms with Crippen molar-refractivity contribution >= 4 is 5.91 Å². The first-order valence-corrected chi connectivity index (χ1v) is 6.37. The lowest BCUT2D eigenvalue weighted by Gasteiger charge is -2.28. The van der Waals surface area contributed by atoms with E-state index in [9.17, 15) is 4.79 Å². The highest BCUT2D eigenvalue weighted by molar-refractivity contribution is 5.81. The van der Waals surface area contributed by atoms with Gasteiger partial charge in [-0.2, -0.15) is 0 Å². The number of amides is 1. The van der Waals surface area contributed by atoms with E-state index in [-0.39, 0.29) is 11.9 Å². The van der Waals surface area contributed by atoms with Gasteiger partial charge in [-0.15, -0.1) is 0 Å². The molecule has 0 aliphatic carbocycles. The maximum atomic E-state index is 11.7. The monoisotopic (exact) mass is 232 g/mol. The molecule has 17 heavy (non-hydrogen) atoms. The molecule has 2 rings (SSSR count). The maximum Gasteiger partial charge on any atom is 0.239 e. The Kier molecular flexibility index (Phi) is 4.15. The summed E-state index contributed by atoms with van der Waals surface area (Å²) in [5.74, 6) is -0.238. The standard InChI is InChI=1S/C14H20N2O/c15-14(17)13(12-8-4-3-5-9-12)16-10-6-1-2-7-11-16/h3-5,8-9,13H,1-2,6-7,10-11H2,(H2,15,17). The highest BCUT2D eigenvalue weighted by atomic mass is 16.1. The fourth-order valence-corrected chi connectivity index (χ4v) is 2.54. The third-order valence-electron chi connectivity index (χ3n) is 3.39. The number of hydrogen-bond acceptors (Lipinski definition) is 2. The Labute approximate surface area is 103 Å². The number of carbonyl (C=O) groups is 1. The molecule has 0 bridgehead atoms. The quantitative estimate of drug-likeness (QED) is 0.867. The molecule has 0 radical (unpaired) electrons. The summed E-state index contributed by atoms with van der Waals surface area (Å²) in [6, 6.07) is 9.60. The Balaban J connectivity index is 2.19. The Hall–Kier alpha value is -1.35. The van der Waals surface area contributed by atoms with Gasteiger partial charge in [0.1, 0.15) is 6.04 Å². The smallest absolute Gasteiger partial charge is 0.239 e. The molecule has 0 spiro atoms. The van der Waals surface area contributed by atoms with E-state index >= 15 is 0 Å². The Morgan fingerprint density at radius 1 is 1.06 bits per heavy atom. The highest BCUT2D eigenvalue weighted by Crippen LogP contribution is 2.23. The van der Waals surface area contributed by atoms with Gasteiger partial charge in [0.2, 0.25) is 5.91 Å². The van der Waals surface area contributed by atoms with Crippen LogP contribution < -0.4 is 5.73 Å². The first-order valence-electron chi connectivity index (χ1n) is 6.37. The van der Waals surface area contributed by atoms with Gasteiger partial charge in [0.25, 0.3) is 0 Å². The van der Waals surface area contributed by atoms with E-state index < -0.39 is 0 Å². The lowest BCUT2D eigenvalue weighted by atomic mass is 10.0. The van der Waals surface area contributed by atoms with Crippen LogP contribution in [0.3, 0.4) is 0 Å². The van der Waals surface area contributed by atoms with Crippen molar-refractivity contribution in [2.24, 2.45) is 5.73 Å². The summed E-state index contributed by atoms with van der Waals surface area (Å²) in [5.41, 5.74) is 6.59. The molecule has 1 heterocycles. The molecule has 0 saturated carbocycles. The van der Waals surface area contributed by atoms with Crippen molar-refractivity contribution in [1.29, 1.82) is 0 Å². The molecule has 1 amide bonds. The van der Waals surface area contributed by atoms with Crippen LogP contribution in [0.15, 0.2) is 30.3 Å².